The van der Waals surface area contributed by atoms with Gasteiger partial charge in [-0.3, -0.25) is 0 Å². The van der Waals surface area contributed by atoms with Crippen molar-refractivity contribution in [3.05, 3.63) is 178 Å². The Morgan fingerprint density at radius 3 is 1.15 bits per heavy atom. The van der Waals surface area contributed by atoms with Gasteiger partial charge >= 0.3 is 321 Å². The predicted molar refractivity (Wildman–Crippen MR) is 227 cm³/mol. The van der Waals surface area contributed by atoms with Crippen molar-refractivity contribution in [3.8, 4) is 44.5 Å². The van der Waals surface area contributed by atoms with Crippen molar-refractivity contribution in [2.75, 3.05) is 0 Å². The normalized spacial score (nSPS) is 17.3. The molecular formula is C48H45Cl2SiZr. The van der Waals surface area contributed by atoms with Crippen molar-refractivity contribution < 1.29 is 15.6 Å². The maximum atomic E-state index is 8.67. The third-order valence-corrected chi connectivity index (χ3v) is 64.3. The van der Waals surface area contributed by atoms with Gasteiger partial charge in [-0.1, -0.05) is 0 Å². The summed E-state index contributed by atoms with van der Waals surface area (Å²) in [5, 5.41) is 0. The molecule has 6 aromatic rings. The summed E-state index contributed by atoms with van der Waals surface area (Å²) in [6.07, 6.45) is 4.87. The summed E-state index contributed by atoms with van der Waals surface area (Å²) in [7, 11) is 17.3. The Morgan fingerprint density at radius 2 is 0.788 bits per heavy atom. The summed E-state index contributed by atoms with van der Waals surface area (Å²) in [4.78, 5) is 0. The molecule has 2 atom stereocenters. The van der Waals surface area contributed by atoms with Crippen LogP contribution in [0.25, 0.3) is 56.7 Å². The Labute approximate surface area is 318 Å². The molecule has 0 spiro atoms. The van der Waals surface area contributed by atoms with Gasteiger partial charge in [-0.15, -0.1) is 0 Å². The molecule has 2 unspecified atom stereocenters. The summed E-state index contributed by atoms with van der Waals surface area (Å²) < 4.78 is 0.0747. The standard InChI is InChI=1S/2C23H19.C2H7Si.2ClH.Zr/c2*1-16-14-19-13-12-17(2)23(22(19)15-16)21-11-7-6-10-20(21)18-8-4-3-5-9-18;1-3-2;;;/h2*3-15H,1-2H3;3H,1-2H3;2*1H;/q;;;;;+2/p-2. The Morgan fingerprint density at radius 1 is 0.442 bits per heavy atom. The molecule has 0 radical (unpaired) electrons. The predicted octanol–water partition coefficient (Wildman–Crippen LogP) is 14.6. The number of rotatable bonds is 7. The van der Waals surface area contributed by atoms with E-state index in [0.717, 1.165) is 0 Å². The first-order chi connectivity index (χ1) is 25.0. The van der Waals surface area contributed by atoms with E-state index in [2.05, 4.69) is 186 Å². The zero-order valence-electron chi connectivity index (χ0n) is 30.8. The van der Waals surface area contributed by atoms with Gasteiger partial charge < -0.3 is 0 Å². The third-order valence-electron chi connectivity index (χ3n) is 12.0. The van der Waals surface area contributed by atoms with Crippen LogP contribution in [0.3, 0.4) is 0 Å². The van der Waals surface area contributed by atoms with Crippen molar-refractivity contribution in [1.29, 1.82) is 0 Å². The molecule has 0 heterocycles. The minimum atomic E-state index is -4.88. The van der Waals surface area contributed by atoms with Gasteiger partial charge in [0.25, 0.3) is 0 Å². The zero-order chi connectivity index (χ0) is 36.4. The molecular weight excluding hydrogens is 767 g/mol. The van der Waals surface area contributed by atoms with E-state index in [9.17, 15) is 0 Å². The number of fused-ring (bicyclic) bond motifs is 2. The second-order valence-electron chi connectivity index (χ2n) is 15.4. The molecule has 2 aliphatic carbocycles. The van der Waals surface area contributed by atoms with Crippen molar-refractivity contribution in [1.82, 2.24) is 0 Å². The van der Waals surface area contributed by atoms with E-state index in [0.29, 0.717) is 0 Å². The van der Waals surface area contributed by atoms with E-state index in [4.69, 9.17) is 17.0 Å². The third kappa shape index (κ3) is 5.48. The molecule has 0 saturated heterocycles. The molecule has 0 aliphatic heterocycles. The van der Waals surface area contributed by atoms with Crippen LogP contribution in [0.4, 0.5) is 0 Å². The average molecular weight is 812 g/mol. The van der Waals surface area contributed by atoms with Gasteiger partial charge in [0.15, 0.2) is 0 Å². The van der Waals surface area contributed by atoms with Crippen molar-refractivity contribution in [3.63, 3.8) is 0 Å². The summed E-state index contributed by atoms with van der Waals surface area (Å²) in [5.74, 6) is -1.68. The van der Waals surface area contributed by atoms with Gasteiger partial charge in [-0.05, 0) is 0 Å². The fourth-order valence-electron chi connectivity index (χ4n) is 9.57. The van der Waals surface area contributed by atoms with Crippen LogP contribution in [0, 0.1) is 13.8 Å². The Kier molecular flexibility index (Phi) is 9.15. The monoisotopic (exact) mass is 809 g/mol. The van der Waals surface area contributed by atoms with E-state index in [1.165, 1.54) is 89.0 Å². The first kappa shape index (κ1) is 35.5. The Balaban J connectivity index is 1.32. The number of halogens is 2. The van der Waals surface area contributed by atoms with Gasteiger partial charge in [0.05, 0.1) is 0 Å². The number of aryl methyl sites for hydroxylation is 2. The van der Waals surface area contributed by atoms with Crippen molar-refractivity contribution in [2.45, 2.75) is 48.0 Å². The quantitative estimate of drug-likeness (QED) is 0.141. The first-order valence-electron chi connectivity index (χ1n) is 18.5. The van der Waals surface area contributed by atoms with Crippen LogP contribution < -0.4 is 0 Å². The summed E-state index contributed by atoms with van der Waals surface area (Å²) >= 11 is -4.88. The summed E-state index contributed by atoms with van der Waals surface area (Å²) in [5.41, 5.74) is 20.5. The van der Waals surface area contributed by atoms with Crippen LogP contribution in [0.15, 0.2) is 145 Å². The van der Waals surface area contributed by atoms with Gasteiger partial charge in [0.2, 0.25) is 0 Å². The number of hydrogen-bond acceptors (Lipinski definition) is 0. The van der Waals surface area contributed by atoms with E-state index in [-0.39, 0.29) is 7.25 Å². The molecule has 6 aromatic carbocycles. The topological polar surface area (TPSA) is 0 Å². The van der Waals surface area contributed by atoms with Gasteiger partial charge in [0, 0.05) is 0 Å². The number of allylic oxidation sites excluding steroid dienone is 2. The minimum absolute atomic E-state index is 0.0373. The van der Waals surface area contributed by atoms with Gasteiger partial charge in [-0.25, -0.2) is 0 Å². The van der Waals surface area contributed by atoms with Gasteiger partial charge in [-0.2, -0.15) is 0 Å². The van der Waals surface area contributed by atoms with Crippen molar-refractivity contribution >= 4 is 35.1 Å². The second-order valence-corrected chi connectivity index (χ2v) is 57.9. The first-order valence-corrected chi connectivity index (χ1v) is 34.8. The second kappa shape index (κ2) is 13.4. The molecule has 0 bridgehead atoms. The van der Waals surface area contributed by atoms with E-state index in [1.54, 1.807) is 0 Å². The molecule has 0 amide bonds. The summed E-state index contributed by atoms with van der Waals surface area (Å²) in [6.45, 7) is 14.0. The molecule has 0 fully saturated rings. The fraction of sp³-hybridized carbons (Fsp3) is 0.167. The molecule has 0 N–H and O–H groups in total. The fourth-order valence-corrected chi connectivity index (χ4v) is 42.5. The van der Waals surface area contributed by atoms with Crippen LogP contribution in [0.2, 0.25) is 13.1 Å². The molecule has 0 nitrogen and oxygen atoms in total. The van der Waals surface area contributed by atoms with Crippen LogP contribution >= 0.6 is 17.0 Å². The molecule has 2 aliphatic rings. The molecule has 52 heavy (non-hydrogen) atoms. The zero-order valence-corrected chi connectivity index (χ0v) is 36.0. The van der Waals surface area contributed by atoms with Crippen LogP contribution in [0.1, 0.15) is 54.5 Å². The molecule has 4 heteroatoms. The maximum absolute atomic E-state index is 8.67. The number of benzene rings is 6. The molecule has 0 saturated carbocycles. The van der Waals surface area contributed by atoms with Crippen LogP contribution in [-0.2, 0) is 15.6 Å². The Hall–Kier alpha value is -3.52. The van der Waals surface area contributed by atoms with Crippen LogP contribution in [0.5, 0.6) is 0 Å². The molecule has 0 aromatic heterocycles. The number of hydrogen-bond donors (Lipinski definition) is 0. The average Bonchev–Trinajstić information content (AvgIpc) is 3.68. The molecule has 259 valence electrons. The van der Waals surface area contributed by atoms with Crippen molar-refractivity contribution in [2.24, 2.45) is 0 Å². The SMILES string of the molecule is CC1=Cc2c(ccc(C)c2-c2ccccc2-c2ccccc2)[CH]1[Zr]([Cl])([Cl])([CH]1C(C)=Cc2c1ccc(C)c2-c1ccccc1-c1ccccc1)[SiH](C)C. The van der Waals surface area contributed by atoms with Crippen LogP contribution in [-0.4, -0.2) is 5.92 Å². The van der Waals surface area contributed by atoms with E-state index >= 15 is 0 Å². The Bertz CT molecular complexity index is 2260. The van der Waals surface area contributed by atoms with E-state index in [1.807, 2.05) is 0 Å². The van der Waals surface area contributed by atoms with Gasteiger partial charge in [0.1, 0.15) is 0 Å². The van der Waals surface area contributed by atoms with E-state index < -0.39 is 21.5 Å². The molecule has 8 rings (SSSR count). The summed E-state index contributed by atoms with van der Waals surface area (Å²) in [6, 6.07) is 48.5.